The van der Waals surface area contributed by atoms with Gasteiger partial charge in [0.1, 0.15) is 0 Å². The van der Waals surface area contributed by atoms with Crippen molar-refractivity contribution in [3.8, 4) is 0 Å². The van der Waals surface area contributed by atoms with Crippen molar-refractivity contribution in [2.24, 2.45) is 0 Å². The number of rotatable bonds is 4. The molecule has 104 valence electrons. The highest BCUT2D eigenvalue weighted by molar-refractivity contribution is 5.50. The molecule has 3 rings (SSSR count). The van der Waals surface area contributed by atoms with Crippen LogP contribution in [0.15, 0.2) is 24.3 Å². The van der Waals surface area contributed by atoms with Crippen molar-refractivity contribution in [2.45, 2.75) is 49.6 Å². The fourth-order valence-corrected chi connectivity index (χ4v) is 4.36. The number of fused-ring (bicyclic) bond motifs is 1. The summed E-state index contributed by atoms with van der Waals surface area (Å²) in [6.07, 6.45) is 16.9. The normalized spacial score (nSPS) is 32.5. The first-order valence-corrected chi connectivity index (χ1v) is 7.49. The Balaban J connectivity index is 1.87. The maximum absolute atomic E-state index is 11.3. The van der Waals surface area contributed by atoms with E-state index in [1.54, 1.807) is 0 Å². The van der Waals surface area contributed by atoms with Gasteiger partial charge in [0.15, 0.2) is 0 Å². The fourth-order valence-electron chi connectivity index (χ4n) is 4.36. The van der Waals surface area contributed by atoms with Gasteiger partial charge in [0, 0.05) is 12.6 Å². The Kier molecular flexibility index (Phi) is 3.25. The molecule has 1 aliphatic carbocycles. The Morgan fingerprint density at radius 1 is 1.26 bits per heavy atom. The van der Waals surface area contributed by atoms with Crippen LogP contribution in [0.4, 0.5) is 0 Å². The predicted molar refractivity (Wildman–Crippen MR) is 76.8 cm³/mol. The van der Waals surface area contributed by atoms with E-state index in [0.29, 0.717) is 5.54 Å². The largest absolute Gasteiger partial charge is 0.339 e. The Hall–Kier alpha value is -1.09. The number of amides is 1. The van der Waals surface area contributed by atoms with Crippen LogP contribution in [-0.4, -0.2) is 47.4 Å². The van der Waals surface area contributed by atoms with Crippen LogP contribution in [0.25, 0.3) is 0 Å². The molecule has 0 aromatic carbocycles. The van der Waals surface area contributed by atoms with Gasteiger partial charge in [-0.2, -0.15) is 0 Å². The van der Waals surface area contributed by atoms with Gasteiger partial charge in [-0.3, -0.25) is 9.69 Å². The summed E-state index contributed by atoms with van der Waals surface area (Å²) in [5.74, 6) is 0. The lowest BCUT2D eigenvalue weighted by atomic mass is 9.75. The van der Waals surface area contributed by atoms with Gasteiger partial charge in [0.05, 0.1) is 5.54 Å². The molecular formula is C16H24N2O. The Bertz CT molecular complexity index is 405. The third-order valence-corrected chi connectivity index (χ3v) is 5.43. The Morgan fingerprint density at radius 2 is 2.00 bits per heavy atom. The van der Waals surface area contributed by atoms with Crippen molar-refractivity contribution in [3.05, 3.63) is 24.3 Å². The molecule has 1 amide bonds. The summed E-state index contributed by atoms with van der Waals surface area (Å²) in [4.78, 5) is 15.9. The molecule has 0 aromatic heterocycles. The lowest BCUT2D eigenvalue weighted by Crippen LogP contribution is -2.53. The first-order valence-electron chi connectivity index (χ1n) is 7.49. The lowest BCUT2D eigenvalue weighted by molar-refractivity contribution is -0.121. The molecule has 2 saturated heterocycles. The van der Waals surface area contributed by atoms with Crippen molar-refractivity contribution in [1.82, 2.24) is 9.80 Å². The summed E-state index contributed by atoms with van der Waals surface area (Å²) in [6.45, 7) is 2.50. The zero-order valence-corrected chi connectivity index (χ0v) is 11.8. The smallest absolute Gasteiger partial charge is 0.210 e. The van der Waals surface area contributed by atoms with Gasteiger partial charge >= 0.3 is 0 Å². The summed E-state index contributed by atoms with van der Waals surface area (Å²) in [6, 6.07) is 0. The van der Waals surface area contributed by atoms with Crippen LogP contribution >= 0.6 is 0 Å². The monoisotopic (exact) mass is 260 g/mol. The van der Waals surface area contributed by atoms with Gasteiger partial charge in [0.25, 0.3) is 0 Å². The molecule has 2 aliphatic heterocycles. The molecule has 2 fully saturated rings. The van der Waals surface area contributed by atoms with E-state index in [0.717, 1.165) is 19.3 Å². The molecule has 0 spiro atoms. The summed E-state index contributed by atoms with van der Waals surface area (Å²) < 4.78 is 0. The summed E-state index contributed by atoms with van der Waals surface area (Å²) in [5, 5.41) is 0. The van der Waals surface area contributed by atoms with E-state index in [4.69, 9.17) is 0 Å². The molecular weight excluding hydrogens is 236 g/mol. The molecule has 0 bridgehead atoms. The molecule has 2 heterocycles. The number of allylic oxidation sites excluding steroid dienone is 2. The van der Waals surface area contributed by atoms with E-state index in [1.807, 2.05) is 11.9 Å². The van der Waals surface area contributed by atoms with Crippen LogP contribution in [-0.2, 0) is 4.79 Å². The molecule has 0 radical (unpaired) electrons. The van der Waals surface area contributed by atoms with Crippen molar-refractivity contribution in [3.63, 3.8) is 0 Å². The zero-order chi connectivity index (χ0) is 13.3. The predicted octanol–water partition coefficient (Wildman–Crippen LogP) is 2.35. The summed E-state index contributed by atoms with van der Waals surface area (Å²) >= 11 is 0. The molecule has 3 aliphatic rings. The van der Waals surface area contributed by atoms with Crippen LogP contribution in [0.1, 0.15) is 38.5 Å². The molecule has 0 saturated carbocycles. The molecule has 3 heteroatoms. The molecule has 0 N–H and O–H groups in total. The molecule has 3 nitrogen and oxygen atoms in total. The van der Waals surface area contributed by atoms with Crippen molar-refractivity contribution < 1.29 is 4.79 Å². The average molecular weight is 260 g/mol. The minimum atomic E-state index is -0.108. The number of likely N-dealkylation sites (N-methyl/N-ethyl adjacent to an activating group) is 1. The maximum atomic E-state index is 11.3. The van der Waals surface area contributed by atoms with E-state index in [-0.39, 0.29) is 5.54 Å². The molecule has 0 aromatic rings. The Labute approximate surface area is 115 Å². The minimum Gasteiger partial charge on any atom is -0.339 e. The van der Waals surface area contributed by atoms with Gasteiger partial charge in [-0.25, -0.2) is 0 Å². The third kappa shape index (κ3) is 2.04. The highest BCUT2D eigenvalue weighted by Gasteiger charge is 2.49. The van der Waals surface area contributed by atoms with E-state index < -0.39 is 0 Å². The van der Waals surface area contributed by atoms with Crippen LogP contribution in [0.5, 0.6) is 0 Å². The molecule has 1 atom stereocenters. The first-order chi connectivity index (χ1) is 9.21. The Morgan fingerprint density at radius 3 is 2.58 bits per heavy atom. The zero-order valence-electron chi connectivity index (χ0n) is 11.8. The highest BCUT2D eigenvalue weighted by Crippen LogP contribution is 2.46. The number of hydrogen-bond donors (Lipinski definition) is 0. The lowest BCUT2D eigenvalue weighted by Gasteiger charge is -2.45. The fraction of sp³-hybridized carbons (Fsp3) is 0.688. The molecule has 19 heavy (non-hydrogen) atoms. The van der Waals surface area contributed by atoms with E-state index >= 15 is 0 Å². The van der Waals surface area contributed by atoms with Crippen LogP contribution < -0.4 is 0 Å². The first kappa shape index (κ1) is 12.9. The van der Waals surface area contributed by atoms with E-state index in [2.05, 4.69) is 29.2 Å². The van der Waals surface area contributed by atoms with Crippen molar-refractivity contribution in [1.29, 1.82) is 0 Å². The number of nitrogens with zero attached hydrogens (tertiary/aromatic N) is 2. The number of hydrogen-bond acceptors (Lipinski definition) is 2. The van der Waals surface area contributed by atoms with Gasteiger partial charge in [-0.05, 0) is 51.6 Å². The van der Waals surface area contributed by atoms with E-state index in [9.17, 15) is 4.79 Å². The van der Waals surface area contributed by atoms with Crippen molar-refractivity contribution in [2.75, 3.05) is 20.1 Å². The van der Waals surface area contributed by atoms with Crippen LogP contribution in [0.2, 0.25) is 0 Å². The highest BCUT2D eigenvalue weighted by atomic mass is 16.1. The second-order valence-corrected chi connectivity index (χ2v) is 6.41. The van der Waals surface area contributed by atoms with Crippen molar-refractivity contribution >= 4 is 6.41 Å². The molecule has 1 unspecified atom stereocenters. The standard InChI is InChI=1S/C16H24N2O/c1-17(14-19)15(7-3-2-4-8-15)13-16-9-5-11-18(16)12-6-10-16/h2-4,7,14H,5-6,8-13H2,1H3. The van der Waals surface area contributed by atoms with Gasteiger partial charge < -0.3 is 4.90 Å². The van der Waals surface area contributed by atoms with Gasteiger partial charge in [-0.15, -0.1) is 0 Å². The van der Waals surface area contributed by atoms with Gasteiger partial charge in [0.2, 0.25) is 6.41 Å². The number of carbonyl (C=O) groups excluding carboxylic acids is 1. The summed E-state index contributed by atoms with van der Waals surface area (Å²) in [5.41, 5.74) is 0.246. The van der Waals surface area contributed by atoms with Crippen LogP contribution in [0.3, 0.4) is 0 Å². The maximum Gasteiger partial charge on any atom is 0.210 e. The SMILES string of the molecule is CN(C=O)C1(CC23CCCN2CCC3)C=CC=CC1. The summed E-state index contributed by atoms with van der Waals surface area (Å²) in [7, 11) is 1.93. The quantitative estimate of drug-likeness (QED) is 0.724. The average Bonchev–Trinajstić information content (AvgIpc) is 2.97. The van der Waals surface area contributed by atoms with E-state index in [1.165, 1.54) is 38.8 Å². The third-order valence-electron chi connectivity index (χ3n) is 5.43. The topological polar surface area (TPSA) is 23.6 Å². The number of carbonyl (C=O) groups is 1. The minimum absolute atomic E-state index is 0.108. The second kappa shape index (κ2) is 4.78. The second-order valence-electron chi connectivity index (χ2n) is 6.41. The van der Waals surface area contributed by atoms with Gasteiger partial charge in [-0.1, -0.05) is 24.3 Å². The van der Waals surface area contributed by atoms with Crippen LogP contribution in [0, 0.1) is 0 Å².